The van der Waals surface area contributed by atoms with Crippen LogP contribution < -0.4 is 0 Å². The van der Waals surface area contributed by atoms with Gasteiger partial charge in [0, 0.05) is 12.6 Å². The molecule has 5 nitrogen and oxygen atoms in total. The lowest BCUT2D eigenvalue weighted by Crippen LogP contribution is -2.53. The highest BCUT2D eigenvalue weighted by atomic mass is 32.2. The molecule has 0 amide bonds. The van der Waals surface area contributed by atoms with Crippen LogP contribution in [0, 0.1) is 5.41 Å². The van der Waals surface area contributed by atoms with Gasteiger partial charge in [-0.3, -0.25) is 0 Å². The van der Waals surface area contributed by atoms with Gasteiger partial charge in [0.2, 0.25) is 10.0 Å². The molecule has 1 heterocycles. The van der Waals surface area contributed by atoms with Crippen LogP contribution in [0.25, 0.3) is 0 Å². The molecular formula is C11H23NO4S. The largest absolute Gasteiger partial charge is 0.394 e. The summed E-state index contributed by atoms with van der Waals surface area (Å²) in [5, 5.41) is 9.05. The fraction of sp³-hybridized carbons (Fsp3) is 1.00. The summed E-state index contributed by atoms with van der Waals surface area (Å²) in [5.41, 5.74) is -0.272. The van der Waals surface area contributed by atoms with Crippen molar-refractivity contribution in [2.75, 3.05) is 25.5 Å². The normalized spacial score (nSPS) is 28.3. The van der Waals surface area contributed by atoms with Gasteiger partial charge in [-0.05, 0) is 12.3 Å². The van der Waals surface area contributed by atoms with E-state index in [1.165, 1.54) is 4.31 Å². The molecule has 0 aromatic carbocycles. The number of ether oxygens (including phenoxy) is 1. The molecule has 0 saturated carbocycles. The summed E-state index contributed by atoms with van der Waals surface area (Å²) in [6.07, 6.45) is -0.402. The van der Waals surface area contributed by atoms with Crippen LogP contribution in [0.1, 0.15) is 27.7 Å². The molecule has 0 spiro atoms. The molecular weight excluding hydrogens is 242 g/mol. The van der Waals surface area contributed by atoms with Crippen molar-refractivity contribution in [3.63, 3.8) is 0 Å². The first-order valence-corrected chi connectivity index (χ1v) is 7.48. The number of aliphatic hydroxyl groups is 1. The van der Waals surface area contributed by atoms with E-state index in [1.807, 2.05) is 27.7 Å². The van der Waals surface area contributed by atoms with Crippen molar-refractivity contribution in [1.82, 2.24) is 4.31 Å². The Balaban J connectivity index is 2.81. The summed E-state index contributed by atoms with van der Waals surface area (Å²) in [6.45, 7) is 7.98. The first kappa shape index (κ1) is 14.9. The second kappa shape index (κ2) is 5.22. The van der Waals surface area contributed by atoms with E-state index in [4.69, 9.17) is 9.84 Å². The van der Waals surface area contributed by atoms with Gasteiger partial charge < -0.3 is 9.84 Å². The molecule has 1 fully saturated rings. The SMILES string of the molecule is CC1COC(CO)CN1S(=O)(=O)CC(C)(C)C. The van der Waals surface area contributed by atoms with Crippen LogP contribution in [0.4, 0.5) is 0 Å². The Kier molecular flexibility index (Phi) is 4.57. The Labute approximate surface area is 104 Å². The first-order chi connectivity index (χ1) is 7.65. The van der Waals surface area contributed by atoms with Gasteiger partial charge in [-0.25, -0.2) is 8.42 Å². The van der Waals surface area contributed by atoms with Gasteiger partial charge in [0.25, 0.3) is 0 Å². The molecule has 0 bridgehead atoms. The lowest BCUT2D eigenvalue weighted by Gasteiger charge is -2.37. The highest BCUT2D eigenvalue weighted by Gasteiger charge is 2.36. The molecule has 2 atom stereocenters. The van der Waals surface area contributed by atoms with Gasteiger partial charge in [-0.2, -0.15) is 4.31 Å². The molecule has 1 rings (SSSR count). The number of aliphatic hydroxyl groups excluding tert-OH is 1. The summed E-state index contributed by atoms with van der Waals surface area (Å²) < 4.78 is 31.3. The zero-order valence-corrected chi connectivity index (χ0v) is 11.8. The molecule has 0 aliphatic carbocycles. The average molecular weight is 265 g/mol. The predicted octanol–water partition coefficient (Wildman–Crippen LogP) is 0.444. The van der Waals surface area contributed by atoms with Crippen LogP contribution in [-0.4, -0.2) is 55.5 Å². The van der Waals surface area contributed by atoms with Crippen molar-refractivity contribution in [1.29, 1.82) is 0 Å². The zero-order valence-electron chi connectivity index (χ0n) is 11.0. The Bertz CT molecular complexity index is 347. The Morgan fingerprint density at radius 2 is 2.00 bits per heavy atom. The molecule has 17 heavy (non-hydrogen) atoms. The van der Waals surface area contributed by atoms with Gasteiger partial charge in [-0.15, -0.1) is 0 Å². The fourth-order valence-electron chi connectivity index (χ4n) is 1.92. The molecule has 1 aliphatic rings. The first-order valence-electron chi connectivity index (χ1n) is 5.88. The van der Waals surface area contributed by atoms with Crippen molar-refractivity contribution in [2.24, 2.45) is 5.41 Å². The molecule has 2 unspecified atom stereocenters. The lowest BCUT2D eigenvalue weighted by molar-refractivity contribution is -0.0517. The standard InChI is InChI=1S/C11H23NO4S/c1-9-7-16-10(6-13)5-12(9)17(14,15)8-11(2,3)4/h9-10,13H,5-8H2,1-4H3. The maximum absolute atomic E-state index is 12.3. The molecule has 1 saturated heterocycles. The smallest absolute Gasteiger partial charge is 0.215 e. The third kappa shape index (κ3) is 4.21. The topological polar surface area (TPSA) is 66.8 Å². The van der Waals surface area contributed by atoms with Crippen LogP contribution in [-0.2, 0) is 14.8 Å². The average Bonchev–Trinajstić information content (AvgIpc) is 2.14. The molecule has 1 N–H and O–H groups in total. The Morgan fingerprint density at radius 3 is 2.47 bits per heavy atom. The minimum Gasteiger partial charge on any atom is -0.394 e. The fourth-order valence-corrected chi connectivity index (χ4v) is 4.18. The van der Waals surface area contributed by atoms with E-state index in [9.17, 15) is 8.42 Å². The molecule has 1 aliphatic heterocycles. The minimum absolute atomic E-state index is 0.114. The maximum atomic E-state index is 12.3. The van der Waals surface area contributed by atoms with Crippen molar-refractivity contribution in [3.8, 4) is 0 Å². The van der Waals surface area contributed by atoms with E-state index < -0.39 is 16.1 Å². The van der Waals surface area contributed by atoms with Crippen molar-refractivity contribution < 1.29 is 18.3 Å². The van der Waals surface area contributed by atoms with Crippen LogP contribution in [0.2, 0.25) is 0 Å². The third-order valence-electron chi connectivity index (χ3n) is 2.62. The van der Waals surface area contributed by atoms with E-state index in [0.717, 1.165) is 0 Å². The van der Waals surface area contributed by atoms with Gasteiger partial charge >= 0.3 is 0 Å². The monoisotopic (exact) mass is 265 g/mol. The van der Waals surface area contributed by atoms with E-state index >= 15 is 0 Å². The zero-order chi connectivity index (χ0) is 13.3. The molecule has 6 heteroatoms. The molecule has 102 valence electrons. The Hall–Kier alpha value is -0.170. The summed E-state index contributed by atoms with van der Waals surface area (Å²) in [6, 6.07) is -0.162. The van der Waals surface area contributed by atoms with Crippen molar-refractivity contribution >= 4 is 10.0 Å². The lowest BCUT2D eigenvalue weighted by atomic mass is 10.0. The van der Waals surface area contributed by atoms with Gasteiger partial charge in [0.05, 0.1) is 25.1 Å². The number of rotatable bonds is 3. The Morgan fingerprint density at radius 1 is 1.41 bits per heavy atom. The van der Waals surface area contributed by atoms with Crippen LogP contribution in [0.3, 0.4) is 0 Å². The number of nitrogens with zero attached hydrogens (tertiary/aromatic N) is 1. The molecule has 0 aromatic rings. The van der Waals surface area contributed by atoms with Crippen LogP contribution in [0.15, 0.2) is 0 Å². The van der Waals surface area contributed by atoms with E-state index in [1.54, 1.807) is 0 Å². The van der Waals surface area contributed by atoms with E-state index in [2.05, 4.69) is 0 Å². The van der Waals surface area contributed by atoms with Crippen LogP contribution >= 0.6 is 0 Å². The van der Waals surface area contributed by atoms with Gasteiger partial charge in [0.1, 0.15) is 0 Å². The number of sulfonamides is 1. The highest BCUT2D eigenvalue weighted by molar-refractivity contribution is 7.89. The summed E-state index contributed by atoms with van der Waals surface area (Å²) in [5.74, 6) is 0.114. The number of hydrogen-bond acceptors (Lipinski definition) is 4. The van der Waals surface area contributed by atoms with Gasteiger partial charge in [0.15, 0.2) is 0 Å². The third-order valence-corrected chi connectivity index (χ3v) is 5.08. The summed E-state index contributed by atoms with van der Waals surface area (Å²) in [7, 11) is -3.29. The second-order valence-corrected chi connectivity index (χ2v) is 7.80. The quantitative estimate of drug-likeness (QED) is 0.804. The highest BCUT2D eigenvalue weighted by Crippen LogP contribution is 2.23. The number of morpholine rings is 1. The number of hydrogen-bond donors (Lipinski definition) is 1. The summed E-state index contributed by atoms with van der Waals surface area (Å²) >= 11 is 0. The van der Waals surface area contributed by atoms with Crippen molar-refractivity contribution in [3.05, 3.63) is 0 Å². The van der Waals surface area contributed by atoms with Crippen LogP contribution in [0.5, 0.6) is 0 Å². The molecule has 0 radical (unpaired) electrons. The minimum atomic E-state index is -3.29. The second-order valence-electron chi connectivity index (χ2n) is 5.87. The van der Waals surface area contributed by atoms with E-state index in [0.29, 0.717) is 6.61 Å². The molecule has 0 aromatic heterocycles. The van der Waals surface area contributed by atoms with Gasteiger partial charge in [-0.1, -0.05) is 20.8 Å². The van der Waals surface area contributed by atoms with Crippen molar-refractivity contribution in [2.45, 2.75) is 39.8 Å². The summed E-state index contributed by atoms with van der Waals surface area (Å²) in [4.78, 5) is 0. The maximum Gasteiger partial charge on any atom is 0.215 e. The van der Waals surface area contributed by atoms with E-state index in [-0.39, 0.29) is 30.4 Å². The predicted molar refractivity (Wildman–Crippen MR) is 66.2 cm³/mol.